The van der Waals surface area contributed by atoms with Crippen molar-refractivity contribution in [3.8, 4) is 10.6 Å². The normalized spacial score (nSPS) is 10.9. The lowest BCUT2D eigenvalue weighted by Gasteiger charge is -2.21. The van der Waals surface area contributed by atoms with Crippen LogP contribution in [0.2, 0.25) is 0 Å². The fourth-order valence-electron chi connectivity index (χ4n) is 2.91. The van der Waals surface area contributed by atoms with E-state index in [1.165, 1.54) is 26.7 Å². The molecule has 6 heteroatoms. The smallest absolute Gasteiger partial charge is 0.273 e. The monoisotopic (exact) mass is 424 g/mol. The van der Waals surface area contributed by atoms with Gasteiger partial charge in [-0.2, -0.15) is 0 Å². The van der Waals surface area contributed by atoms with Crippen molar-refractivity contribution in [2.45, 2.75) is 19.9 Å². The fourth-order valence-corrected chi connectivity index (χ4v) is 5.12. The van der Waals surface area contributed by atoms with Crippen LogP contribution in [0, 0.1) is 6.92 Å². The number of hydrogen-bond acceptors (Lipinski definition) is 5. The number of thiazole rings is 1. The predicted molar refractivity (Wildman–Crippen MR) is 119 cm³/mol. The van der Waals surface area contributed by atoms with Crippen molar-refractivity contribution < 1.29 is 4.79 Å². The summed E-state index contributed by atoms with van der Waals surface area (Å²) in [5, 5.41) is 6.90. The number of hydrogen-bond donors (Lipinski definition) is 0. The fraction of sp³-hybridized carbons (Fsp3) is 0.182. The van der Waals surface area contributed by atoms with Crippen molar-refractivity contribution in [2.24, 2.45) is 0 Å². The van der Waals surface area contributed by atoms with E-state index in [-0.39, 0.29) is 5.91 Å². The van der Waals surface area contributed by atoms with Crippen LogP contribution in [0.4, 0.5) is 0 Å². The highest BCUT2D eigenvalue weighted by Gasteiger charge is 2.20. The summed E-state index contributed by atoms with van der Waals surface area (Å²) < 4.78 is 0. The first kappa shape index (κ1) is 19.1. The van der Waals surface area contributed by atoms with E-state index in [1.54, 1.807) is 22.7 Å². The minimum absolute atomic E-state index is 0.000400. The Kier molecular flexibility index (Phi) is 6.00. The zero-order chi connectivity index (χ0) is 19.3. The molecular weight excluding hydrogens is 404 g/mol. The third-order valence-corrected chi connectivity index (χ3v) is 7.13. The number of benzene rings is 1. The maximum atomic E-state index is 13.2. The lowest BCUT2D eigenvalue weighted by Crippen LogP contribution is -2.32. The first-order valence-corrected chi connectivity index (χ1v) is 11.7. The summed E-state index contributed by atoms with van der Waals surface area (Å²) in [5.74, 6) is -0.000400. The van der Waals surface area contributed by atoms with Gasteiger partial charge in [-0.05, 0) is 36.2 Å². The molecule has 0 unspecified atom stereocenters. The van der Waals surface area contributed by atoms with Gasteiger partial charge in [0.1, 0.15) is 10.7 Å². The highest BCUT2D eigenvalue weighted by atomic mass is 32.1. The molecular formula is C22H20N2OS3. The van der Waals surface area contributed by atoms with Crippen molar-refractivity contribution in [1.29, 1.82) is 0 Å². The van der Waals surface area contributed by atoms with E-state index in [2.05, 4.69) is 65.1 Å². The number of amides is 1. The van der Waals surface area contributed by atoms with Crippen LogP contribution in [-0.2, 0) is 13.0 Å². The second-order valence-electron chi connectivity index (χ2n) is 6.54. The second-order valence-corrected chi connectivity index (χ2v) is 9.46. The first-order valence-electron chi connectivity index (χ1n) is 9.05. The molecule has 0 bridgehead atoms. The number of nitrogens with zero attached hydrogens (tertiary/aromatic N) is 2. The highest BCUT2D eigenvalue weighted by Crippen LogP contribution is 2.25. The van der Waals surface area contributed by atoms with E-state index in [4.69, 9.17) is 0 Å². The van der Waals surface area contributed by atoms with E-state index in [1.807, 2.05) is 16.3 Å². The van der Waals surface area contributed by atoms with Gasteiger partial charge in [0.2, 0.25) is 0 Å². The van der Waals surface area contributed by atoms with Crippen molar-refractivity contribution in [3.63, 3.8) is 0 Å². The maximum absolute atomic E-state index is 13.2. The Morgan fingerprint density at radius 3 is 2.36 bits per heavy atom. The Morgan fingerprint density at radius 1 is 0.964 bits per heavy atom. The average Bonchev–Trinajstić information content (AvgIpc) is 3.48. The number of thiophene rings is 2. The summed E-state index contributed by atoms with van der Waals surface area (Å²) in [6, 6.07) is 16.5. The standard InChI is InChI=1S/C22H20N2OS3/c1-16-6-8-17(9-7-16)21-23-20(15-28-21)22(25)24(14-19-5-3-13-27-19)11-10-18-4-2-12-26-18/h2-9,12-13,15H,10-11,14H2,1H3. The molecule has 1 amide bonds. The van der Waals surface area contributed by atoms with Gasteiger partial charge in [-0.15, -0.1) is 34.0 Å². The summed E-state index contributed by atoms with van der Waals surface area (Å²) in [7, 11) is 0. The predicted octanol–water partition coefficient (Wildman–Crippen LogP) is 6.13. The van der Waals surface area contributed by atoms with Gasteiger partial charge in [0, 0.05) is 27.2 Å². The van der Waals surface area contributed by atoms with Gasteiger partial charge < -0.3 is 4.90 Å². The van der Waals surface area contributed by atoms with Crippen LogP contribution < -0.4 is 0 Å². The molecule has 28 heavy (non-hydrogen) atoms. The molecule has 142 valence electrons. The van der Waals surface area contributed by atoms with Crippen LogP contribution in [0.1, 0.15) is 25.8 Å². The number of rotatable bonds is 7. The van der Waals surface area contributed by atoms with Gasteiger partial charge in [0.15, 0.2) is 0 Å². The topological polar surface area (TPSA) is 33.2 Å². The molecule has 1 aromatic carbocycles. The summed E-state index contributed by atoms with van der Waals surface area (Å²) in [5.41, 5.74) is 2.80. The zero-order valence-electron chi connectivity index (χ0n) is 15.5. The lowest BCUT2D eigenvalue weighted by molar-refractivity contribution is 0.0742. The highest BCUT2D eigenvalue weighted by molar-refractivity contribution is 7.13. The molecule has 0 atom stereocenters. The third-order valence-electron chi connectivity index (χ3n) is 4.44. The minimum Gasteiger partial charge on any atom is -0.332 e. The number of aryl methyl sites for hydroxylation is 1. The third kappa shape index (κ3) is 4.58. The average molecular weight is 425 g/mol. The molecule has 0 aliphatic heterocycles. The Bertz CT molecular complexity index is 1020. The second kappa shape index (κ2) is 8.82. The van der Waals surface area contributed by atoms with Crippen molar-refractivity contribution in [3.05, 3.63) is 85.7 Å². The van der Waals surface area contributed by atoms with E-state index in [9.17, 15) is 4.79 Å². The Balaban J connectivity index is 1.53. The number of aromatic nitrogens is 1. The van der Waals surface area contributed by atoms with Crippen LogP contribution in [0.15, 0.2) is 64.7 Å². The molecule has 3 nitrogen and oxygen atoms in total. The number of carbonyl (C=O) groups is 1. The van der Waals surface area contributed by atoms with Crippen LogP contribution >= 0.6 is 34.0 Å². The van der Waals surface area contributed by atoms with E-state index in [0.717, 1.165) is 17.0 Å². The minimum atomic E-state index is -0.000400. The summed E-state index contributed by atoms with van der Waals surface area (Å²) in [4.78, 5) is 22.2. The van der Waals surface area contributed by atoms with E-state index in [0.29, 0.717) is 18.8 Å². The summed E-state index contributed by atoms with van der Waals surface area (Å²) in [6.45, 7) is 3.38. The van der Waals surface area contributed by atoms with Crippen LogP contribution in [0.5, 0.6) is 0 Å². The number of carbonyl (C=O) groups excluding carboxylic acids is 1. The molecule has 0 N–H and O–H groups in total. The molecule has 4 aromatic rings. The summed E-state index contributed by atoms with van der Waals surface area (Å²) >= 11 is 4.94. The Labute approximate surface area is 176 Å². The molecule has 3 heterocycles. The maximum Gasteiger partial charge on any atom is 0.273 e. The van der Waals surface area contributed by atoms with E-state index >= 15 is 0 Å². The van der Waals surface area contributed by atoms with Crippen LogP contribution in [-0.4, -0.2) is 22.3 Å². The summed E-state index contributed by atoms with van der Waals surface area (Å²) in [6.07, 6.45) is 0.865. The molecule has 0 aliphatic carbocycles. The largest absolute Gasteiger partial charge is 0.332 e. The molecule has 3 aromatic heterocycles. The zero-order valence-corrected chi connectivity index (χ0v) is 17.9. The van der Waals surface area contributed by atoms with Crippen molar-refractivity contribution in [2.75, 3.05) is 6.54 Å². The van der Waals surface area contributed by atoms with Crippen molar-refractivity contribution >= 4 is 39.9 Å². The molecule has 0 radical (unpaired) electrons. The van der Waals surface area contributed by atoms with Crippen LogP contribution in [0.25, 0.3) is 10.6 Å². The first-order chi connectivity index (χ1) is 13.7. The molecule has 0 fully saturated rings. The molecule has 0 aliphatic rings. The molecule has 4 rings (SSSR count). The lowest BCUT2D eigenvalue weighted by atomic mass is 10.2. The van der Waals surface area contributed by atoms with Gasteiger partial charge in [-0.3, -0.25) is 4.79 Å². The molecule has 0 saturated carbocycles. The van der Waals surface area contributed by atoms with Gasteiger partial charge in [0.05, 0.1) is 6.54 Å². The SMILES string of the molecule is Cc1ccc(-c2nc(C(=O)N(CCc3cccs3)Cc3cccs3)cs2)cc1. The quantitative estimate of drug-likeness (QED) is 0.358. The molecule has 0 spiro atoms. The van der Waals surface area contributed by atoms with Crippen molar-refractivity contribution in [1.82, 2.24) is 9.88 Å². The van der Waals surface area contributed by atoms with Gasteiger partial charge in [-0.25, -0.2) is 4.98 Å². The van der Waals surface area contributed by atoms with Crippen LogP contribution in [0.3, 0.4) is 0 Å². The Morgan fingerprint density at radius 2 is 1.68 bits per heavy atom. The molecule has 0 saturated heterocycles. The van der Waals surface area contributed by atoms with Gasteiger partial charge >= 0.3 is 0 Å². The van der Waals surface area contributed by atoms with E-state index < -0.39 is 0 Å². The Hall–Kier alpha value is -2.28. The van der Waals surface area contributed by atoms with Gasteiger partial charge in [0.25, 0.3) is 5.91 Å². The van der Waals surface area contributed by atoms with Gasteiger partial charge in [-0.1, -0.05) is 42.0 Å².